The number of carbonyl (C=O) groups is 1. The maximum absolute atomic E-state index is 13.3. The summed E-state index contributed by atoms with van der Waals surface area (Å²) >= 11 is 0. The van der Waals surface area contributed by atoms with Gasteiger partial charge in [-0.1, -0.05) is 13.0 Å². The molecule has 0 bridgehead atoms. The molecule has 2 aromatic rings. The quantitative estimate of drug-likeness (QED) is 0.901. The molecule has 0 spiro atoms. The number of aromatic nitrogens is 2. The molecule has 2 N–H and O–H groups in total. The summed E-state index contributed by atoms with van der Waals surface area (Å²) in [7, 11) is 0. The van der Waals surface area contributed by atoms with Crippen molar-refractivity contribution in [2.75, 3.05) is 0 Å². The topological polar surface area (TPSA) is 57.8 Å². The van der Waals surface area contributed by atoms with Gasteiger partial charge in [0, 0.05) is 17.5 Å². The van der Waals surface area contributed by atoms with Gasteiger partial charge in [-0.2, -0.15) is 0 Å². The van der Waals surface area contributed by atoms with Crippen molar-refractivity contribution in [1.29, 1.82) is 0 Å². The second-order valence-corrected chi connectivity index (χ2v) is 4.84. The minimum Gasteiger partial charge on any atom is -0.344 e. The molecule has 1 aromatic carbocycles. The number of rotatable bonds is 4. The molecule has 0 saturated carbocycles. The molecule has 1 aromatic heterocycles. The summed E-state index contributed by atoms with van der Waals surface area (Å²) in [6.07, 6.45) is 2.42. The van der Waals surface area contributed by atoms with Gasteiger partial charge in [0.15, 0.2) is 0 Å². The number of amides is 1. The summed E-state index contributed by atoms with van der Waals surface area (Å²) in [4.78, 5) is 19.6. The molecule has 0 unspecified atom stereocenters. The van der Waals surface area contributed by atoms with Gasteiger partial charge in [0.05, 0.1) is 6.04 Å². The number of carbonyl (C=O) groups excluding carboxylic acids is 1. The van der Waals surface area contributed by atoms with Crippen LogP contribution in [0.2, 0.25) is 0 Å². The average molecular weight is 275 g/mol. The highest BCUT2D eigenvalue weighted by atomic mass is 19.1. The molecule has 1 heterocycles. The third-order valence-corrected chi connectivity index (χ3v) is 3.21. The van der Waals surface area contributed by atoms with E-state index in [1.807, 2.05) is 13.8 Å². The van der Waals surface area contributed by atoms with Gasteiger partial charge in [-0.05, 0) is 38.0 Å². The Morgan fingerprint density at radius 3 is 2.80 bits per heavy atom. The number of benzene rings is 1. The van der Waals surface area contributed by atoms with Crippen molar-refractivity contribution in [2.24, 2.45) is 0 Å². The Morgan fingerprint density at radius 2 is 2.20 bits per heavy atom. The number of nitrogens with one attached hydrogen (secondary N) is 2. The van der Waals surface area contributed by atoms with E-state index in [1.165, 1.54) is 12.1 Å². The van der Waals surface area contributed by atoms with E-state index in [2.05, 4.69) is 15.3 Å². The molecular weight excluding hydrogens is 257 g/mol. The van der Waals surface area contributed by atoms with Crippen LogP contribution in [0.4, 0.5) is 4.39 Å². The number of halogens is 1. The Balaban J connectivity index is 2.19. The first-order valence-electron chi connectivity index (χ1n) is 6.59. The van der Waals surface area contributed by atoms with Crippen molar-refractivity contribution in [3.05, 3.63) is 52.9 Å². The predicted molar refractivity (Wildman–Crippen MR) is 75.0 cm³/mol. The van der Waals surface area contributed by atoms with Gasteiger partial charge in [0.2, 0.25) is 0 Å². The molecule has 0 fully saturated rings. The Bertz CT molecular complexity index is 621. The summed E-state index contributed by atoms with van der Waals surface area (Å²) in [6, 6.07) is 3.99. The largest absolute Gasteiger partial charge is 0.344 e. The smallest absolute Gasteiger partial charge is 0.252 e. The van der Waals surface area contributed by atoms with Crippen molar-refractivity contribution < 1.29 is 9.18 Å². The van der Waals surface area contributed by atoms with Gasteiger partial charge in [-0.15, -0.1) is 0 Å². The van der Waals surface area contributed by atoms with Crippen molar-refractivity contribution in [2.45, 2.75) is 33.2 Å². The lowest BCUT2D eigenvalue weighted by Gasteiger charge is -2.15. The van der Waals surface area contributed by atoms with Crippen LogP contribution in [0.1, 0.15) is 46.8 Å². The van der Waals surface area contributed by atoms with E-state index >= 15 is 0 Å². The highest BCUT2D eigenvalue weighted by molar-refractivity contribution is 5.95. The first kappa shape index (κ1) is 14.2. The van der Waals surface area contributed by atoms with E-state index in [9.17, 15) is 9.18 Å². The maximum atomic E-state index is 13.3. The fourth-order valence-corrected chi connectivity index (χ4v) is 2.05. The zero-order valence-corrected chi connectivity index (χ0v) is 11.8. The number of aromatic amines is 1. The summed E-state index contributed by atoms with van der Waals surface area (Å²) in [6.45, 7) is 5.65. The summed E-state index contributed by atoms with van der Waals surface area (Å²) < 4.78 is 13.3. The van der Waals surface area contributed by atoms with Crippen LogP contribution in [0.5, 0.6) is 0 Å². The van der Waals surface area contributed by atoms with Gasteiger partial charge >= 0.3 is 0 Å². The average Bonchev–Trinajstić information content (AvgIpc) is 2.85. The molecule has 1 amide bonds. The summed E-state index contributed by atoms with van der Waals surface area (Å²) in [5.41, 5.74) is 2.04. The molecule has 106 valence electrons. The molecule has 5 heteroatoms. The number of hydrogen-bond acceptors (Lipinski definition) is 2. The van der Waals surface area contributed by atoms with Crippen molar-refractivity contribution in [3.63, 3.8) is 0 Å². The minimum absolute atomic E-state index is 0.209. The van der Waals surface area contributed by atoms with Crippen molar-refractivity contribution in [1.82, 2.24) is 15.3 Å². The monoisotopic (exact) mass is 275 g/mol. The first-order chi connectivity index (χ1) is 9.51. The lowest BCUT2D eigenvalue weighted by Crippen LogP contribution is -2.29. The summed E-state index contributed by atoms with van der Waals surface area (Å²) in [5.74, 6) is 0.0120. The second-order valence-electron chi connectivity index (χ2n) is 4.84. The third-order valence-electron chi connectivity index (χ3n) is 3.21. The van der Waals surface area contributed by atoms with Crippen molar-refractivity contribution in [3.8, 4) is 0 Å². The van der Waals surface area contributed by atoms with Crippen LogP contribution in [-0.2, 0) is 0 Å². The van der Waals surface area contributed by atoms with E-state index in [1.54, 1.807) is 19.2 Å². The number of H-pyrrole nitrogens is 1. The van der Waals surface area contributed by atoms with Crippen LogP contribution < -0.4 is 5.32 Å². The zero-order chi connectivity index (χ0) is 14.7. The Kier molecular flexibility index (Phi) is 4.17. The van der Waals surface area contributed by atoms with Gasteiger partial charge in [0.1, 0.15) is 11.6 Å². The molecular formula is C15H18FN3O. The standard InChI is InChI=1S/C15H18FN3O/c1-4-13(14-17-8-10(3)18-14)19-15(20)12-7-11(16)6-5-9(12)2/h5-8,13H,4H2,1-3H3,(H,17,18)(H,19,20)/t13-/m1/s1. The fraction of sp³-hybridized carbons (Fsp3) is 0.333. The third kappa shape index (κ3) is 3.04. The number of aryl methyl sites for hydroxylation is 2. The first-order valence-corrected chi connectivity index (χ1v) is 6.59. The van der Waals surface area contributed by atoms with Crippen LogP contribution >= 0.6 is 0 Å². The number of imidazole rings is 1. The Morgan fingerprint density at radius 1 is 1.45 bits per heavy atom. The Labute approximate surface area is 117 Å². The van der Waals surface area contributed by atoms with Gasteiger partial charge in [-0.25, -0.2) is 9.37 Å². The maximum Gasteiger partial charge on any atom is 0.252 e. The van der Waals surface area contributed by atoms with E-state index in [-0.39, 0.29) is 11.9 Å². The van der Waals surface area contributed by atoms with E-state index in [0.29, 0.717) is 17.8 Å². The molecule has 0 saturated heterocycles. The normalized spacial score (nSPS) is 12.2. The van der Waals surface area contributed by atoms with E-state index < -0.39 is 5.82 Å². The molecule has 20 heavy (non-hydrogen) atoms. The highest BCUT2D eigenvalue weighted by Gasteiger charge is 2.18. The van der Waals surface area contributed by atoms with E-state index in [4.69, 9.17) is 0 Å². The highest BCUT2D eigenvalue weighted by Crippen LogP contribution is 2.16. The lowest BCUT2D eigenvalue weighted by molar-refractivity contribution is 0.0932. The van der Waals surface area contributed by atoms with Gasteiger partial charge in [0.25, 0.3) is 5.91 Å². The van der Waals surface area contributed by atoms with Crippen LogP contribution in [0, 0.1) is 19.7 Å². The second kappa shape index (κ2) is 5.86. The molecule has 0 aliphatic carbocycles. The molecule has 4 nitrogen and oxygen atoms in total. The predicted octanol–water partition coefficient (Wildman–Crippen LogP) is 3.05. The fourth-order valence-electron chi connectivity index (χ4n) is 2.05. The number of nitrogens with zero attached hydrogens (tertiary/aromatic N) is 1. The van der Waals surface area contributed by atoms with Crippen LogP contribution in [0.25, 0.3) is 0 Å². The molecule has 0 aliphatic heterocycles. The molecule has 2 rings (SSSR count). The zero-order valence-electron chi connectivity index (χ0n) is 11.8. The Hall–Kier alpha value is -2.17. The number of hydrogen-bond donors (Lipinski definition) is 2. The van der Waals surface area contributed by atoms with Crippen LogP contribution in [0.3, 0.4) is 0 Å². The van der Waals surface area contributed by atoms with Crippen LogP contribution in [-0.4, -0.2) is 15.9 Å². The van der Waals surface area contributed by atoms with Gasteiger partial charge in [-0.3, -0.25) is 4.79 Å². The van der Waals surface area contributed by atoms with Crippen molar-refractivity contribution >= 4 is 5.91 Å². The lowest BCUT2D eigenvalue weighted by atomic mass is 10.1. The van der Waals surface area contributed by atoms with E-state index in [0.717, 1.165) is 11.3 Å². The van der Waals surface area contributed by atoms with Crippen LogP contribution in [0.15, 0.2) is 24.4 Å². The van der Waals surface area contributed by atoms with Gasteiger partial charge < -0.3 is 10.3 Å². The molecule has 1 atom stereocenters. The molecule has 0 aliphatic rings. The summed E-state index contributed by atoms with van der Waals surface area (Å²) in [5, 5.41) is 2.88. The minimum atomic E-state index is -0.414. The SMILES string of the molecule is CC[C@@H](NC(=O)c1cc(F)ccc1C)c1ncc(C)[nH]1. The molecule has 0 radical (unpaired) electrons.